The molecule has 1 aromatic carbocycles. The fraction of sp³-hybridized carbons (Fsp3) is 0.176. The van der Waals surface area contributed by atoms with Crippen molar-refractivity contribution in [3.63, 3.8) is 0 Å². The van der Waals surface area contributed by atoms with Crippen LogP contribution in [0.5, 0.6) is 11.8 Å². The third kappa shape index (κ3) is 7.01. The van der Waals surface area contributed by atoms with E-state index in [2.05, 4.69) is 37.9 Å². The molecular formula is C17H23N5O3S. The number of hydrogen-bond acceptors (Lipinski definition) is 7. The zero-order chi connectivity index (χ0) is 17.2. The minimum absolute atomic E-state index is 0. The van der Waals surface area contributed by atoms with Crippen molar-refractivity contribution < 1.29 is 15.7 Å². The standard InChI is InChI=1S/C15H13N5OS.C2H6.2H2O/c22-13-4-2-1-3-11(13)7-19-14-5-6-18-15(20-14)21-12-8-16-10-17-9-12;1-2;;/h1-6,8-10,22H,7H2,(H,18,19,20);1-2H3;2*1H2. The molecule has 2 heterocycles. The molecule has 3 rings (SSSR count). The average Bonchev–Trinajstić information content (AvgIpc) is 2.64. The summed E-state index contributed by atoms with van der Waals surface area (Å²) in [4.78, 5) is 17.0. The van der Waals surface area contributed by atoms with E-state index in [9.17, 15) is 0 Å². The van der Waals surface area contributed by atoms with Crippen molar-refractivity contribution in [2.24, 2.45) is 0 Å². The Balaban J connectivity index is 0.00000151. The van der Waals surface area contributed by atoms with Gasteiger partial charge in [0, 0.05) is 17.6 Å². The van der Waals surface area contributed by atoms with Crippen molar-refractivity contribution >= 4 is 18.4 Å². The topological polar surface area (TPSA) is 136 Å². The van der Waals surface area contributed by atoms with E-state index in [0.29, 0.717) is 18.1 Å². The smallest absolute Gasteiger partial charge is 0.323 e. The first kappa shape index (κ1) is 23.2. The molecule has 5 N–H and O–H groups in total. The number of hydrogen-bond donors (Lipinski definition) is 2. The average molecular weight is 377 g/mol. The quantitative estimate of drug-likeness (QED) is 0.655. The van der Waals surface area contributed by atoms with Gasteiger partial charge in [-0.25, -0.2) is 15.0 Å². The lowest BCUT2D eigenvalue weighted by Crippen LogP contribution is -2.03. The second-order valence-electron chi connectivity index (χ2n) is 4.38. The van der Waals surface area contributed by atoms with Crippen LogP contribution in [0.15, 0.2) is 60.1 Å². The van der Waals surface area contributed by atoms with Crippen LogP contribution >= 0.6 is 12.6 Å². The van der Waals surface area contributed by atoms with E-state index in [1.165, 1.54) is 6.33 Å². The highest BCUT2D eigenvalue weighted by Crippen LogP contribution is 2.18. The van der Waals surface area contributed by atoms with Crippen molar-refractivity contribution in [3.05, 3.63) is 60.8 Å². The van der Waals surface area contributed by atoms with Crippen molar-refractivity contribution in [1.29, 1.82) is 0 Å². The first-order valence-electron chi connectivity index (χ1n) is 7.58. The molecule has 0 fully saturated rings. The van der Waals surface area contributed by atoms with Gasteiger partial charge in [-0.05, 0) is 17.7 Å². The van der Waals surface area contributed by atoms with E-state index >= 15 is 0 Å². The molecule has 0 saturated heterocycles. The lowest BCUT2D eigenvalue weighted by Gasteiger charge is -2.08. The molecule has 0 spiro atoms. The molecular weight excluding hydrogens is 354 g/mol. The van der Waals surface area contributed by atoms with Gasteiger partial charge in [0.25, 0.3) is 0 Å². The minimum atomic E-state index is 0. The molecule has 2 aromatic heterocycles. The maximum atomic E-state index is 5.49. The molecule has 0 aliphatic rings. The van der Waals surface area contributed by atoms with E-state index in [-0.39, 0.29) is 17.0 Å². The highest BCUT2D eigenvalue weighted by Gasteiger charge is 2.03. The molecule has 0 radical (unpaired) electrons. The Morgan fingerprint density at radius 1 is 1.04 bits per heavy atom. The SMILES string of the molecule is CC.O.O.Sc1ccccc1CNc1ccnc(Oc2cncnc2)n1. The number of thiol groups is 1. The predicted molar refractivity (Wildman–Crippen MR) is 104 cm³/mol. The predicted octanol–water partition coefficient (Wildman–Crippen LogP) is 2.34. The first-order chi connectivity index (χ1) is 11.8. The van der Waals surface area contributed by atoms with Gasteiger partial charge in [0.15, 0.2) is 5.75 Å². The molecule has 140 valence electrons. The molecule has 8 nitrogen and oxygen atoms in total. The van der Waals surface area contributed by atoms with Gasteiger partial charge < -0.3 is 21.0 Å². The number of aromatic nitrogens is 4. The summed E-state index contributed by atoms with van der Waals surface area (Å²) in [5.74, 6) is 1.15. The lowest BCUT2D eigenvalue weighted by molar-refractivity contribution is 0.438. The molecule has 0 bridgehead atoms. The third-order valence-electron chi connectivity index (χ3n) is 2.83. The minimum Gasteiger partial charge on any atom is -0.421 e. The van der Waals surface area contributed by atoms with Gasteiger partial charge in [-0.1, -0.05) is 32.0 Å². The van der Waals surface area contributed by atoms with Gasteiger partial charge in [-0.3, -0.25) is 0 Å². The Kier molecular flexibility index (Phi) is 11.3. The summed E-state index contributed by atoms with van der Waals surface area (Å²) < 4.78 is 5.49. The zero-order valence-electron chi connectivity index (χ0n) is 14.5. The monoisotopic (exact) mass is 377 g/mol. The third-order valence-corrected chi connectivity index (χ3v) is 3.27. The fourth-order valence-electron chi connectivity index (χ4n) is 1.78. The highest BCUT2D eigenvalue weighted by molar-refractivity contribution is 7.80. The van der Waals surface area contributed by atoms with Crippen LogP contribution in [-0.2, 0) is 6.54 Å². The lowest BCUT2D eigenvalue weighted by atomic mass is 10.2. The van der Waals surface area contributed by atoms with E-state index in [1.54, 1.807) is 24.7 Å². The van der Waals surface area contributed by atoms with Gasteiger partial charge >= 0.3 is 6.01 Å². The van der Waals surface area contributed by atoms with Crippen molar-refractivity contribution in [3.8, 4) is 11.8 Å². The number of ether oxygens (including phenoxy) is 1. The first-order valence-corrected chi connectivity index (χ1v) is 8.02. The van der Waals surface area contributed by atoms with Gasteiger partial charge in [-0.2, -0.15) is 4.98 Å². The number of benzene rings is 1. The summed E-state index contributed by atoms with van der Waals surface area (Å²) in [6.07, 6.45) is 6.16. The summed E-state index contributed by atoms with van der Waals surface area (Å²) in [5, 5.41) is 3.22. The van der Waals surface area contributed by atoms with Crippen LogP contribution < -0.4 is 10.1 Å². The van der Waals surface area contributed by atoms with Crippen molar-refractivity contribution in [2.45, 2.75) is 25.3 Å². The normalized spacial score (nSPS) is 8.88. The Hall–Kier alpha value is -2.75. The Bertz CT molecular complexity index is 762. The maximum Gasteiger partial charge on any atom is 0.323 e. The molecule has 3 aromatic rings. The van der Waals surface area contributed by atoms with Crippen LogP contribution in [0.3, 0.4) is 0 Å². The molecule has 26 heavy (non-hydrogen) atoms. The molecule has 0 saturated carbocycles. The largest absolute Gasteiger partial charge is 0.421 e. The Morgan fingerprint density at radius 3 is 2.42 bits per heavy atom. The summed E-state index contributed by atoms with van der Waals surface area (Å²) in [6, 6.07) is 9.89. The van der Waals surface area contributed by atoms with E-state index < -0.39 is 0 Å². The van der Waals surface area contributed by atoms with Crippen LogP contribution in [0.2, 0.25) is 0 Å². The van der Waals surface area contributed by atoms with Gasteiger partial charge in [-0.15, -0.1) is 12.6 Å². The van der Waals surface area contributed by atoms with E-state index in [0.717, 1.165) is 10.5 Å². The number of nitrogens with zero attached hydrogens (tertiary/aromatic N) is 4. The number of rotatable bonds is 5. The molecule has 0 atom stereocenters. The highest BCUT2D eigenvalue weighted by atomic mass is 32.1. The van der Waals surface area contributed by atoms with Crippen LogP contribution in [0.1, 0.15) is 19.4 Å². The Labute approximate surface area is 157 Å². The number of anilines is 1. The summed E-state index contributed by atoms with van der Waals surface area (Å²) in [6.45, 7) is 4.62. The Morgan fingerprint density at radius 2 is 1.73 bits per heavy atom. The van der Waals surface area contributed by atoms with Gasteiger partial charge in [0.1, 0.15) is 12.1 Å². The van der Waals surface area contributed by atoms with Crippen molar-refractivity contribution in [1.82, 2.24) is 19.9 Å². The number of nitrogens with one attached hydrogen (secondary N) is 1. The second-order valence-corrected chi connectivity index (χ2v) is 4.86. The maximum absolute atomic E-state index is 5.49. The second kappa shape index (κ2) is 12.6. The fourth-order valence-corrected chi connectivity index (χ4v) is 2.02. The zero-order valence-corrected chi connectivity index (χ0v) is 15.4. The summed E-state index contributed by atoms with van der Waals surface area (Å²) in [7, 11) is 0. The van der Waals surface area contributed by atoms with Crippen LogP contribution in [0.4, 0.5) is 5.82 Å². The van der Waals surface area contributed by atoms with E-state index in [4.69, 9.17) is 4.74 Å². The van der Waals surface area contributed by atoms with E-state index in [1.807, 2.05) is 38.1 Å². The molecule has 0 unspecified atom stereocenters. The van der Waals surface area contributed by atoms with Gasteiger partial charge in [0.05, 0.1) is 12.4 Å². The van der Waals surface area contributed by atoms with Crippen LogP contribution in [0, 0.1) is 0 Å². The van der Waals surface area contributed by atoms with Crippen LogP contribution in [0.25, 0.3) is 0 Å². The summed E-state index contributed by atoms with van der Waals surface area (Å²) in [5.41, 5.74) is 1.09. The molecule has 0 aliphatic heterocycles. The van der Waals surface area contributed by atoms with Crippen molar-refractivity contribution in [2.75, 3.05) is 5.32 Å². The molecule has 0 aliphatic carbocycles. The van der Waals surface area contributed by atoms with Gasteiger partial charge in [0.2, 0.25) is 0 Å². The molecule has 0 amide bonds. The summed E-state index contributed by atoms with van der Waals surface area (Å²) >= 11 is 4.42. The van der Waals surface area contributed by atoms with Crippen LogP contribution in [-0.4, -0.2) is 30.9 Å². The molecule has 9 heteroatoms.